The van der Waals surface area contributed by atoms with Crippen molar-refractivity contribution < 1.29 is 0 Å². The van der Waals surface area contributed by atoms with Gasteiger partial charge in [0, 0.05) is 18.6 Å². The van der Waals surface area contributed by atoms with Gasteiger partial charge < -0.3 is 5.32 Å². The highest BCUT2D eigenvalue weighted by atomic mass is 15.2. The van der Waals surface area contributed by atoms with Crippen molar-refractivity contribution in [2.45, 2.75) is 64.0 Å². The zero-order valence-corrected chi connectivity index (χ0v) is 11.3. The molecule has 4 unspecified atom stereocenters. The lowest BCUT2D eigenvalue weighted by atomic mass is 9.95. The van der Waals surface area contributed by atoms with Crippen LogP contribution in [0.2, 0.25) is 0 Å². The van der Waals surface area contributed by atoms with Crippen LogP contribution in [0.3, 0.4) is 0 Å². The van der Waals surface area contributed by atoms with Gasteiger partial charge in [0.15, 0.2) is 0 Å². The highest BCUT2D eigenvalue weighted by Gasteiger charge is 2.35. The Balaban J connectivity index is 1.48. The van der Waals surface area contributed by atoms with Crippen LogP contribution in [-0.4, -0.2) is 36.6 Å². The third-order valence-electron chi connectivity index (χ3n) is 5.54. The van der Waals surface area contributed by atoms with Gasteiger partial charge in [-0.15, -0.1) is 0 Å². The summed E-state index contributed by atoms with van der Waals surface area (Å²) < 4.78 is 0. The van der Waals surface area contributed by atoms with E-state index in [2.05, 4.69) is 17.1 Å². The fraction of sp³-hybridized carbons (Fsp3) is 1.00. The Labute approximate surface area is 106 Å². The standard InChI is InChI=1S/C15H28N2/c1-12-5-4-6-13(12)11-16-14-8-10-17-9-3-2-7-15(14)17/h12-16H,2-11H2,1H3. The van der Waals surface area contributed by atoms with E-state index in [0.717, 1.165) is 23.9 Å². The van der Waals surface area contributed by atoms with Gasteiger partial charge in [-0.25, -0.2) is 0 Å². The number of rotatable bonds is 3. The Bertz CT molecular complexity index is 253. The maximum absolute atomic E-state index is 3.91. The van der Waals surface area contributed by atoms with Crippen LogP contribution in [0.25, 0.3) is 0 Å². The van der Waals surface area contributed by atoms with Crippen molar-refractivity contribution in [2.75, 3.05) is 19.6 Å². The smallest absolute Gasteiger partial charge is 0.0249 e. The molecule has 3 aliphatic rings. The quantitative estimate of drug-likeness (QED) is 0.810. The average molecular weight is 236 g/mol. The van der Waals surface area contributed by atoms with Gasteiger partial charge in [0.25, 0.3) is 0 Å². The van der Waals surface area contributed by atoms with Gasteiger partial charge in [0.2, 0.25) is 0 Å². The predicted octanol–water partition coefficient (Wildman–Crippen LogP) is 2.64. The second-order valence-electron chi connectivity index (χ2n) is 6.57. The van der Waals surface area contributed by atoms with Crippen LogP contribution in [0.5, 0.6) is 0 Å². The molecule has 0 aromatic carbocycles. The molecule has 2 nitrogen and oxygen atoms in total. The first-order valence-corrected chi connectivity index (χ1v) is 7.82. The lowest BCUT2D eigenvalue weighted by molar-refractivity contribution is 0.177. The van der Waals surface area contributed by atoms with Gasteiger partial charge in [0.1, 0.15) is 0 Å². The van der Waals surface area contributed by atoms with Crippen molar-refractivity contribution in [2.24, 2.45) is 11.8 Å². The van der Waals surface area contributed by atoms with E-state index in [-0.39, 0.29) is 0 Å². The Hall–Kier alpha value is -0.0800. The summed E-state index contributed by atoms with van der Waals surface area (Å²) in [6.45, 7) is 6.45. The second kappa shape index (κ2) is 5.27. The van der Waals surface area contributed by atoms with Crippen molar-refractivity contribution in [3.63, 3.8) is 0 Å². The molecule has 2 saturated heterocycles. The predicted molar refractivity (Wildman–Crippen MR) is 72.1 cm³/mol. The molecule has 0 aromatic rings. The first-order chi connectivity index (χ1) is 8.34. The molecule has 0 radical (unpaired) electrons. The van der Waals surface area contributed by atoms with Crippen molar-refractivity contribution in [3.8, 4) is 0 Å². The number of piperidine rings is 1. The molecular weight excluding hydrogens is 208 g/mol. The fourth-order valence-corrected chi connectivity index (χ4v) is 4.31. The van der Waals surface area contributed by atoms with Crippen LogP contribution in [0, 0.1) is 11.8 Å². The summed E-state index contributed by atoms with van der Waals surface area (Å²) in [4.78, 5) is 2.74. The number of nitrogens with one attached hydrogen (secondary N) is 1. The summed E-state index contributed by atoms with van der Waals surface area (Å²) in [5.41, 5.74) is 0. The summed E-state index contributed by atoms with van der Waals surface area (Å²) in [5, 5.41) is 3.91. The van der Waals surface area contributed by atoms with E-state index < -0.39 is 0 Å². The van der Waals surface area contributed by atoms with Gasteiger partial charge in [0.05, 0.1) is 0 Å². The number of fused-ring (bicyclic) bond motifs is 1. The number of hydrogen-bond donors (Lipinski definition) is 1. The molecule has 1 saturated carbocycles. The molecule has 0 amide bonds. The third-order valence-corrected chi connectivity index (χ3v) is 5.54. The van der Waals surface area contributed by atoms with Crippen LogP contribution < -0.4 is 5.32 Å². The molecule has 0 aromatic heterocycles. The number of nitrogens with zero attached hydrogens (tertiary/aromatic N) is 1. The zero-order chi connectivity index (χ0) is 11.7. The van der Waals surface area contributed by atoms with Crippen molar-refractivity contribution in [3.05, 3.63) is 0 Å². The monoisotopic (exact) mass is 236 g/mol. The highest BCUT2D eigenvalue weighted by molar-refractivity contribution is 4.94. The molecular formula is C15H28N2. The summed E-state index contributed by atoms with van der Waals surface area (Å²) >= 11 is 0. The van der Waals surface area contributed by atoms with Crippen LogP contribution in [0.15, 0.2) is 0 Å². The second-order valence-corrected chi connectivity index (χ2v) is 6.57. The molecule has 98 valence electrons. The van der Waals surface area contributed by atoms with E-state index in [0.29, 0.717) is 0 Å². The molecule has 17 heavy (non-hydrogen) atoms. The SMILES string of the molecule is CC1CCCC1CNC1CCN2CCCCC12. The molecule has 2 heterocycles. The van der Waals surface area contributed by atoms with Crippen LogP contribution >= 0.6 is 0 Å². The first kappa shape index (κ1) is 12.0. The summed E-state index contributed by atoms with van der Waals surface area (Å²) in [6.07, 6.45) is 10.1. The summed E-state index contributed by atoms with van der Waals surface area (Å²) in [7, 11) is 0. The molecule has 4 atom stereocenters. The van der Waals surface area contributed by atoms with Crippen molar-refractivity contribution >= 4 is 0 Å². The molecule has 0 bridgehead atoms. The normalized spacial score (nSPS) is 42.9. The maximum atomic E-state index is 3.91. The molecule has 1 N–H and O–H groups in total. The topological polar surface area (TPSA) is 15.3 Å². The Morgan fingerprint density at radius 1 is 1.00 bits per heavy atom. The Morgan fingerprint density at radius 2 is 1.94 bits per heavy atom. The van der Waals surface area contributed by atoms with Crippen LogP contribution in [-0.2, 0) is 0 Å². The molecule has 2 heteroatoms. The fourth-order valence-electron chi connectivity index (χ4n) is 4.31. The third kappa shape index (κ3) is 2.53. The van der Waals surface area contributed by atoms with E-state index >= 15 is 0 Å². The van der Waals surface area contributed by atoms with E-state index in [1.807, 2.05) is 0 Å². The van der Waals surface area contributed by atoms with Crippen LogP contribution in [0.4, 0.5) is 0 Å². The average Bonchev–Trinajstić information content (AvgIpc) is 2.93. The van der Waals surface area contributed by atoms with Crippen LogP contribution in [0.1, 0.15) is 51.9 Å². The minimum Gasteiger partial charge on any atom is -0.312 e. The van der Waals surface area contributed by atoms with Gasteiger partial charge in [-0.3, -0.25) is 4.90 Å². The summed E-state index contributed by atoms with van der Waals surface area (Å²) in [6, 6.07) is 1.68. The zero-order valence-electron chi connectivity index (χ0n) is 11.3. The van der Waals surface area contributed by atoms with Gasteiger partial charge >= 0.3 is 0 Å². The minimum absolute atomic E-state index is 0.808. The lowest BCUT2D eigenvalue weighted by Gasteiger charge is -2.33. The minimum atomic E-state index is 0.808. The number of hydrogen-bond acceptors (Lipinski definition) is 2. The van der Waals surface area contributed by atoms with Gasteiger partial charge in [-0.1, -0.05) is 26.2 Å². The molecule has 2 aliphatic heterocycles. The molecule has 3 rings (SSSR count). The van der Waals surface area contributed by atoms with E-state index in [4.69, 9.17) is 0 Å². The molecule has 0 spiro atoms. The van der Waals surface area contributed by atoms with Crippen molar-refractivity contribution in [1.82, 2.24) is 10.2 Å². The Kier molecular flexibility index (Phi) is 3.72. The summed E-state index contributed by atoms with van der Waals surface area (Å²) in [5.74, 6) is 1.93. The van der Waals surface area contributed by atoms with E-state index in [1.165, 1.54) is 64.6 Å². The Morgan fingerprint density at radius 3 is 2.76 bits per heavy atom. The van der Waals surface area contributed by atoms with E-state index in [1.54, 1.807) is 0 Å². The maximum Gasteiger partial charge on any atom is 0.0249 e. The highest BCUT2D eigenvalue weighted by Crippen LogP contribution is 2.32. The van der Waals surface area contributed by atoms with Gasteiger partial charge in [-0.05, 0) is 50.6 Å². The molecule has 1 aliphatic carbocycles. The first-order valence-electron chi connectivity index (χ1n) is 7.82. The lowest BCUT2D eigenvalue weighted by Crippen LogP contribution is -2.46. The van der Waals surface area contributed by atoms with Gasteiger partial charge in [-0.2, -0.15) is 0 Å². The largest absolute Gasteiger partial charge is 0.312 e. The van der Waals surface area contributed by atoms with E-state index in [9.17, 15) is 0 Å². The van der Waals surface area contributed by atoms with Crippen molar-refractivity contribution in [1.29, 1.82) is 0 Å². The molecule has 3 fully saturated rings.